The van der Waals surface area contributed by atoms with Crippen LogP contribution in [-0.2, 0) is 0 Å². The zero-order chi connectivity index (χ0) is 25.6. The van der Waals surface area contributed by atoms with Crippen molar-refractivity contribution in [1.29, 1.82) is 0 Å². The van der Waals surface area contributed by atoms with Gasteiger partial charge in [0.1, 0.15) is 11.6 Å². The largest absolute Gasteiger partial charge is 0.493 e. The van der Waals surface area contributed by atoms with E-state index in [9.17, 15) is 9.59 Å². The number of nitrogens with zero attached hydrogens (tertiary/aromatic N) is 3. The van der Waals surface area contributed by atoms with Crippen LogP contribution in [0.15, 0.2) is 91.4 Å². The summed E-state index contributed by atoms with van der Waals surface area (Å²) < 4.78 is 7.81. The smallest absolute Gasteiger partial charge is 0.335 e. The van der Waals surface area contributed by atoms with Gasteiger partial charge in [0, 0.05) is 36.7 Å². The molecule has 37 heavy (non-hydrogen) atoms. The number of anilines is 2. The lowest BCUT2D eigenvalue weighted by Gasteiger charge is -2.32. The summed E-state index contributed by atoms with van der Waals surface area (Å²) in [6.07, 6.45) is 7.48. The first-order valence-electron chi connectivity index (χ1n) is 12.3. The summed E-state index contributed by atoms with van der Waals surface area (Å²) in [4.78, 5) is 30.7. The van der Waals surface area contributed by atoms with E-state index in [0.29, 0.717) is 29.5 Å². The number of hydrogen-bond donors (Lipinski definition) is 2. The summed E-state index contributed by atoms with van der Waals surface area (Å²) in [5, 5.41) is 12.1. The fourth-order valence-corrected chi connectivity index (χ4v) is 4.43. The van der Waals surface area contributed by atoms with Crippen molar-refractivity contribution in [2.24, 2.45) is 5.92 Å². The topological polar surface area (TPSA) is 96.7 Å². The lowest BCUT2D eigenvalue weighted by Crippen LogP contribution is -2.36. The van der Waals surface area contributed by atoms with E-state index >= 15 is 0 Å². The van der Waals surface area contributed by atoms with E-state index in [0.717, 1.165) is 37.4 Å². The minimum Gasteiger partial charge on any atom is -0.493 e. The maximum atomic E-state index is 12.8. The molecule has 2 N–H and O–H groups in total. The molecule has 8 heteroatoms. The van der Waals surface area contributed by atoms with Crippen molar-refractivity contribution in [2.45, 2.75) is 12.8 Å². The molecule has 3 heterocycles. The van der Waals surface area contributed by atoms with Crippen LogP contribution in [-0.4, -0.2) is 46.2 Å². The second kappa shape index (κ2) is 11.0. The molecule has 1 fully saturated rings. The average Bonchev–Trinajstić information content (AvgIpc) is 3.48. The maximum Gasteiger partial charge on any atom is 0.335 e. The Hall–Kier alpha value is -4.59. The third-order valence-electron chi connectivity index (χ3n) is 6.52. The van der Waals surface area contributed by atoms with E-state index in [1.54, 1.807) is 36.5 Å². The molecule has 5 rings (SSSR count). The number of carbonyl (C=O) groups is 2. The second-order valence-corrected chi connectivity index (χ2v) is 9.07. The van der Waals surface area contributed by atoms with Crippen LogP contribution in [0.2, 0.25) is 0 Å². The average molecular weight is 497 g/mol. The van der Waals surface area contributed by atoms with Gasteiger partial charge in [0.05, 0.1) is 24.1 Å². The first-order chi connectivity index (χ1) is 18.0. The number of nitrogens with one attached hydrogen (secondary N) is 1. The number of hydrogen-bond acceptors (Lipinski definition) is 5. The van der Waals surface area contributed by atoms with E-state index in [1.165, 1.54) is 0 Å². The number of pyridine rings is 1. The molecule has 0 unspecified atom stereocenters. The molecule has 8 nitrogen and oxygen atoms in total. The van der Waals surface area contributed by atoms with Gasteiger partial charge >= 0.3 is 5.97 Å². The Balaban J connectivity index is 1.12. The molecule has 2 aromatic carbocycles. The van der Waals surface area contributed by atoms with Gasteiger partial charge in [0.25, 0.3) is 5.91 Å². The number of piperidine rings is 1. The Bertz CT molecular complexity index is 1360. The number of amides is 1. The van der Waals surface area contributed by atoms with Gasteiger partial charge in [-0.1, -0.05) is 12.1 Å². The summed E-state index contributed by atoms with van der Waals surface area (Å²) in [6, 6.07) is 21.8. The van der Waals surface area contributed by atoms with Gasteiger partial charge in [-0.25, -0.2) is 9.78 Å². The molecular weight excluding hydrogens is 468 g/mol. The monoisotopic (exact) mass is 496 g/mol. The summed E-state index contributed by atoms with van der Waals surface area (Å²) in [5.74, 6) is 0.710. The molecule has 4 aromatic rings. The molecule has 0 radical (unpaired) electrons. The first-order valence-corrected chi connectivity index (χ1v) is 12.3. The molecule has 2 aromatic heterocycles. The SMILES string of the molecule is O=C(O)c1cccc(OCC2CCN(c3ccc(NC(=O)c4cccc(-n5cccc5)c4)cn3)CC2)c1. The summed E-state index contributed by atoms with van der Waals surface area (Å²) in [7, 11) is 0. The van der Waals surface area contributed by atoms with Crippen molar-refractivity contribution >= 4 is 23.4 Å². The first kappa shape index (κ1) is 24.1. The van der Waals surface area contributed by atoms with Crippen LogP contribution in [0.5, 0.6) is 5.75 Å². The molecule has 0 atom stereocenters. The molecule has 1 amide bonds. The predicted molar refractivity (Wildman–Crippen MR) is 142 cm³/mol. The van der Waals surface area contributed by atoms with Crippen molar-refractivity contribution in [3.05, 3.63) is 103 Å². The highest BCUT2D eigenvalue weighted by atomic mass is 16.5. The number of benzene rings is 2. The number of carboxylic acids is 1. The molecule has 0 saturated carbocycles. The number of rotatable bonds is 8. The lowest BCUT2D eigenvalue weighted by atomic mass is 9.98. The standard InChI is InChI=1S/C29H28N4O4/c34-28(22-5-3-7-25(17-22)32-13-1-2-14-32)31-24-9-10-27(30-19-24)33-15-11-21(12-16-33)20-37-26-8-4-6-23(18-26)29(35)36/h1-10,13-14,17-19,21H,11-12,15-16,20H2,(H,31,34)(H,35,36). The lowest BCUT2D eigenvalue weighted by molar-refractivity contribution is 0.0696. The molecule has 1 saturated heterocycles. The van der Waals surface area contributed by atoms with Gasteiger partial charge in [-0.2, -0.15) is 0 Å². The fourth-order valence-electron chi connectivity index (χ4n) is 4.43. The van der Waals surface area contributed by atoms with Crippen LogP contribution < -0.4 is 15.0 Å². The number of carboxylic acid groups (broad SMARTS) is 1. The summed E-state index contributed by atoms with van der Waals surface area (Å²) in [5.41, 5.74) is 2.37. The van der Waals surface area contributed by atoms with Crippen molar-refractivity contribution in [2.75, 3.05) is 29.9 Å². The highest BCUT2D eigenvalue weighted by Gasteiger charge is 2.21. The minimum atomic E-state index is -0.959. The summed E-state index contributed by atoms with van der Waals surface area (Å²) in [6.45, 7) is 2.27. The van der Waals surface area contributed by atoms with Gasteiger partial charge in [-0.15, -0.1) is 0 Å². The molecular formula is C29H28N4O4. The third-order valence-corrected chi connectivity index (χ3v) is 6.52. The quantitative estimate of drug-likeness (QED) is 0.352. The van der Waals surface area contributed by atoms with Crippen LogP contribution in [0, 0.1) is 5.92 Å². The van der Waals surface area contributed by atoms with Crippen LogP contribution in [0.25, 0.3) is 5.69 Å². The number of aromatic nitrogens is 2. The van der Waals surface area contributed by atoms with E-state index in [2.05, 4.69) is 15.2 Å². The minimum absolute atomic E-state index is 0.182. The Labute approximate surface area is 215 Å². The van der Waals surface area contributed by atoms with E-state index in [4.69, 9.17) is 9.84 Å². The molecule has 0 bridgehead atoms. The van der Waals surface area contributed by atoms with E-state index in [1.807, 2.05) is 59.4 Å². The fraction of sp³-hybridized carbons (Fsp3) is 0.207. The van der Waals surface area contributed by atoms with Crippen molar-refractivity contribution < 1.29 is 19.4 Å². The van der Waals surface area contributed by atoms with Crippen molar-refractivity contribution in [1.82, 2.24) is 9.55 Å². The molecule has 188 valence electrons. The van der Waals surface area contributed by atoms with Crippen molar-refractivity contribution in [3.63, 3.8) is 0 Å². The zero-order valence-electron chi connectivity index (χ0n) is 20.3. The van der Waals surface area contributed by atoms with E-state index < -0.39 is 5.97 Å². The number of aromatic carboxylic acids is 1. The van der Waals surface area contributed by atoms with Crippen molar-refractivity contribution in [3.8, 4) is 11.4 Å². The number of ether oxygens (including phenoxy) is 1. The number of carbonyl (C=O) groups excluding carboxylic acids is 1. The van der Waals surface area contributed by atoms with Gasteiger partial charge in [0.15, 0.2) is 0 Å². The highest BCUT2D eigenvalue weighted by molar-refractivity contribution is 6.04. The van der Waals surface area contributed by atoms with Gasteiger partial charge < -0.3 is 24.6 Å². The Morgan fingerprint density at radius 3 is 2.43 bits per heavy atom. The molecule has 1 aliphatic rings. The van der Waals surface area contributed by atoms with Gasteiger partial charge in [0.2, 0.25) is 0 Å². The highest BCUT2D eigenvalue weighted by Crippen LogP contribution is 2.24. The predicted octanol–water partition coefficient (Wildman–Crippen LogP) is 5.12. The molecule has 0 spiro atoms. The van der Waals surface area contributed by atoms with Crippen LogP contribution in [0.1, 0.15) is 33.6 Å². The van der Waals surface area contributed by atoms with Gasteiger partial charge in [-0.05, 0) is 79.4 Å². The second-order valence-electron chi connectivity index (χ2n) is 9.07. The summed E-state index contributed by atoms with van der Waals surface area (Å²) >= 11 is 0. The van der Waals surface area contributed by atoms with Crippen LogP contribution in [0.3, 0.4) is 0 Å². The zero-order valence-corrected chi connectivity index (χ0v) is 20.3. The molecule has 1 aliphatic heterocycles. The molecule has 0 aliphatic carbocycles. The van der Waals surface area contributed by atoms with E-state index in [-0.39, 0.29) is 11.5 Å². The Kier molecular flexibility index (Phi) is 7.16. The maximum absolute atomic E-state index is 12.8. The van der Waals surface area contributed by atoms with Crippen LogP contribution in [0.4, 0.5) is 11.5 Å². The normalized spacial score (nSPS) is 13.8. The Morgan fingerprint density at radius 2 is 1.70 bits per heavy atom. The van der Waals surface area contributed by atoms with Gasteiger partial charge in [-0.3, -0.25) is 4.79 Å². The third kappa shape index (κ3) is 5.98. The van der Waals surface area contributed by atoms with Crippen LogP contribution >= 0.6 is 0 Å². The Morgan fingerprint density at radius 1 is 0.946 bits per heavy atom.